The fourth-order valence-electron chi connectivity index (χ4n) is 4.57. The molecule has 1 fully saturated rings. The predicted molar refractivity (Wildman–Crippen MR) is 160 cm³/mol. The highest BCUT2D eigenvalue weighted by atomic mass is 35.5. The Bertz CT molecular complexity index is 1400. The number of halogens is 1. The summed E-state index contributed by atoms with van der Waals surface area (Å²) in [6, 6.07) is 27.7. The molecule has 1 aliphatic carbocycles. The van der Waals surface area contributed by atoms with Gasteiger partial charge in [0.25, 0.3) is 0 Å². The van der Waals surface area contributed by atoms with E-state index in [2.05, 4.69) is 98.1 Å². The van der Waals surface area contributed by atoms with Crippen molar-refractivity contribution in [1.82, 2.24) is 4.98 Å². The van der Waals surface area contributed by atoms with Crippen LogP contribution in [-0.2, 0) is 6.42 Å². The lowest BCUT2D eigenvalue weighted by atomic mass is 9.96. The van der Waals surface area contributed by atoms with Crippen LogP contribution < -0.4 is 0 Å². The summed E-state index contributed by atoms with van der Waals surface area (Å²) in [5, 5.41) is 2.30. The fraction of sp³-hybridized carbons (Fsp3) is 0.242. The molecule has 4 aromatic rings. The van der Waals surface area contributed by atoms with Gasteiger partial charge in [0.05, 0.1) is 11.2 Å². The van der Waals surface area contributed by atoms with E-state index >= 15 is 0 Å². The maximum atomic E-state index is 6.16. The lowest BCUT2D eigenvalue weighted by Gasteiger charge is -2.19. The van der Waals surface area contributed by atoms with Crippen molar-refractivity contribution in [2.45, 2.75) is 37.9 Å². The maximum Gasteiger partial charge on any atom is 0.0724 e. The molecule has 1 saturated carbocycles. The quantitative estimate of drug-likeness (QED) is 0.211. The first-order valence-electron chi connectivity index (χ1n) is 12.7. The molecule has 1 aliphatic rings. The molecule has 5 rings (SSSR count). The minimum atomic E-state index is 0.484. The van der Waals surface area contributed by atoms with E-state index in [1.54, 1.807) is 0 Å². The van der Waals surface area contributed by atoms with Gasteiger partial charge in [-0.15, -0.1) is 0 Å². The van der Waals surface area contributed by atoms with Gasteiger partial charge in [-0.3, -0.25) is 0 Å². The van der Waals surface area contributed by atoms with Crippen molar-refractivity contribution < 1.29 is 0 Å². The van der Waals surface area contributed by atoms with E-state index in [0.29, 0.717) is 10.3 Å². The number of aromatic nitrogens is 1. The van der Waals surface area contributed by atoms with Crippen LogP contribution in [0.15, 0.2) is 85.4 Å². The second-order valence-corrected chi connectivity index (χ2v) is 11.5. The second kappa shape index (κ2) is 11.5. The van der Waals surface area contributed by atoms with Gasteiger partial charge in [-0.05, 0) is 90.8 Å². The van der Waals surface area contributed by atoms with Gasteiger partial charge in [0.1, 0.15) is 0 Å². The number of hydrogen-bond acceptors (Lipinski definition) is 2. The number of nitrogens with zero attached hydrogens (tertiary/aromatic N) is 1. The minimum Gasteiger partial charge on any atom is -0.248 e. The molecule has 0 bridgehead atoms. The first-order valence-corrected chi connectivity index (χ1v) is 14.2. The number of fused-ring (bicyclic) bond motifs is 1. The van der Waals surface area contributed by atoms with Crippen molar-refractivity contribution in [2.24, 2.45) is 5.92 Å². The summed E-state index contributed by atoms with van der Waals surface area (Å²) in [5.41, 5.74) is 8.32. The molecule has 36 heavy (non-hydrogen) atoms. The van der Waals surface area contributed by atoms with E-state index in [9.17, 15) is 0 Å². The summed E-state index contributed by atoms with van der Waals surface area (Å²) in [6.07, 6.45) is 9.24. The van der Waals surface area contributed by atoms with Crippen LogP contribution in [0.1, 0.15) is 59.4 Å². The van der Waals surface area contributed by atoms with Gasteiger partial charge in [-0.2, -0.15) is 11.8 Å². The van der Waals surface area contributed by atoms with Gasteiger partial charge in [0.2, 0.25) is 0 Å². The summed E-state index contributed by atoms with van der Waals surface area (Å²) in [5.74, 6) is 2.17. The first-order chi connectivity index (χ1) is 17.5. The van der Waals surface area contributed by atoms with E-state index in [-0.39, 0.29) is 0 Å². The Balaban J connectivity index is 1.34. The Morgan fingerprint density at radius 2 is 1.86 bits per heavy atom. The standard InChI is InChI=1S/C33H32ClNS/c1-23(2)31-9-4-3-7-26(31)15-19-33(36-22-25-10-11-25)28-8-5-6-24(20-28)12-17-30-18-14-27-13-16-29(34)21-32(27)35-30/h3-9,12-14,16-18,20-21,25,33H,1,10-11,15,19,22H2,2H3/b17-12+/t33-/m1/s1. The van der Waals surface area contributed by atoms with Crippen molar-refractivity contribution in [3.05, 3.63) is 118 Å². The monoisotopic (exact) mass is 509 g/mol. The molecule has 0 N–H and O–H groups in total. The molecular weight excluding hydrogens is 478 g/mol. The van der Waals surface area contributed by atoms with Crippen LogP contribution >= 0.6 is 23.4 Å². The van der Waals surface area contributed by atoms with Gasteiger partial charge in [0, 0.05) is 15.7 Å². The molecule has 1 heterocycles. The molecule has 0 spiro atoms. The molecule has 182 valence electrons. The van der Waals surface area contributed by atoms with Crippen molar-refractivity contribution in [3.8, 4) is 0 Å². The molecule has 3 heteroatoms. The Hall–Kier alpha value is -2.81. The van der Waals surface area contributed by atoms with Gasteiger partial charge < -0.3 is 0 Å². The average molecular weight is 510 g/mol. The predicted octanol–water partition coefficient (Wildman–Crippen LogP) is 9.91. The van der Waals surface area contributed by atoms with E-state index in [1.165, 1.54) is 40.8 Å². The number of benzene rings is 3. The Labute approximate surface area is 224 Å². The van der Waals surface area contributed by atoms with Crippen molar-refractivity contribution in [1.29, 1.82) is 0 Å². The third-order valence-corrected chi connectivity index (χ3v) is 8.60. The average Bonchev–Trinajstić information content (AvgIpc) is 3.72. The van der Waals surface area contributed by atoms with E-state index < -0.39 is 0 Å². The van der Waals surface area contributed by atoms with Crippen molar-refractivity contribution >= 4 is 52.0 Å². The largest absolute Gasteiger partial charge is 0.248 e. The topological polar surface area (TPSA) is 12.9 Å². The molecule has 0 unspecified atom stereocenters. The third kappa shape index (κ3) is 6.49. The van der Waals surface area contributed by atoms with E-state index in [0.717, 1.165) is 40.9 Å². The van der Waals surface area contributed by atoms with Crippen LogP contribution in [0.25, 0.3) is 28.6 Å². The highest BCUT2D eigenvalue weighted by Gasteiger charge is 2.24. The van der Waals surface area contributed by atoms with Crippen LogP contribution in [-0.4, -0.2) is 10.7 Å². The van der Waals surface area contributed by atoms with Crippen LogP contribution in [0.3, 0.4) is 0 Å². The van der Waals surface area contributed by atoms with Crippen molar-refractivity contribution in [3.63, 3.8) is 0 Å². The van der Waals surface area contributed by atoms with Gasteiger partial charge in [-0.1, -0.05) is 90.5 Å². The smallest absolute Gasteiger partial charge is 0.0724 e. The lowest BCUT2D eigenvalue weighted by Crippen LogP contribution is -2.01. The summed E-state index contributed by atoms with van der Waals surface area (Å²) < 4.78 is 0. The number of thioether (sulfide) groups is 1. The highest BCUT2D eigenvalue weighted by Crippen LogP contribution is 2.41. The minimum absolute atomic E-state index is 0.484. The lowest BCUT2D eigenvalue weighted by molar-refractivity contribution is 0.797. The fourth-order valence-corrected chi connectivity index (χ4v) is 6.20. The number of rotatable bonds is 10. The van der Waals surface area contributed by atoms with Gasteiger partial charge in [-0.25, -0.2) is 4.98 Å². The summed E-state index contributed by atoms with van der Waals surface area (Å²) >= 11 is 8.30. The summed E-state index contributed by atoms with van der Waals surface area (Å²) in [7, 11) is 0. The van der Waals surface area contributed by atoms with Crippen LogP contribution in [0.4, 0.5) is 0 Å². The van der Waals surface area contributed by atoms with Crippen molar-refractivity contribution in [2.75, 3.05) is 5.75 Å². The van der Waals surface area contributed by atoms with Crippen LogP contribution in [0, 0.1) is 5.92 Å². The molecule has 0 saturated heterocycles. The number of aryl methyl sites for hydroxylation is 1. The molecule has 1 atom stereocenters. The first kappa shape index (κ1) is 24.9. The molecule has 1 aromatic heterocycles. The van der Waals surface area contributed by atoms with Gasteiger partial charge >= 0.3 is 0 Å². The van der Waals surface area contributed by atoms with E-state index in [4.69, 9.17) is 16.6 Å². The molecule has 3 aromatic carbocycles. The SMILES string of the molecule is C=C(C)c1ccccc1CC[C@@H](SCC1CC1)c1cccc(/C=C/c2ccc3ccc(Cl)cc3n2)c1. The molecule has 0 radical (unpaired) electrons. The molecular formula is C33H32ClNS. The molecule has 1 nitrogen and oxygen atoms in total. The number of allylic oxidation sites excluding steroid dienone is 1. The second-order valence-electron chi connectivity index (χ2n) is 9.82. The Kier molecular flexibility index (Phi) is 7.94. The van der Waals surface area contributed by atoms with E-state index in [1.807, 2.05) is 18.2 Å². The number of hydrogen-bond donors (Lipinski definition) is 0. The zero-order valence-electron chi connectivity index (χ0n) is 20.8. The normalized spacial score (nSPS) is 14.4. The summed E-state index contributed by atoms with van der Waals surface area (Å²) in [4.78, 5) is 4.77. The van der Waals surface area contributed by atoms with Crippen LogP contribution in [0.5, 0.6) is 0 Å². The highest BCUT2D eigenvalue weighted by molar-refractivity contribution is 7.99. The zero-order valence-corrected chi connectivity index (χ0v) is 22.4. The summed E-state index contributed by atoms with van der Waals surface area (Å²) in [6.45, 7) is 6.30. The molecule has 0 amide bonds. The Morgan fingerprint density at radius 3 is 2.69 bits per heavy atom. The third-order valence-electron chi connectivity index (χ3n) is 6.79. The maximum absolute atomic E-state index is 6.16. The van der Waals surface area contributed by atoms with Gasteiger partial charge in [0.15, 0.2) is 0 Å². The van der Waals surface area contributed by atoms with Crippen LogP contribution in [0.2, 0.25) is 5.02 Å². The molecule has 0 aliphatic heterocycles. The Morgan fingerprint density at radius 1 is 1.03 bits per heavy atom. The zero-order chi connectivity index (χ0) is 24.9. The number of pyridine rings is 1.